The minimum absolute atomic E-state index is 0.706. The molecule has 0 radical (unpaired) electrons. The van der Waals surface area contributed by atoms with Crippen molar-refractivity contribution in [1.82, 2.24) is 0 Å². The Morgan fingerprint density at radius 1 is 1.20 bits per heavy atom. The van der Waals surface area contributed by atoms with Crippen LogP contribution in [0.25, 0.3) is 0 Å². The van der Waals surface area contributed by atoms with Gasteiger partial charge in [0.15, 0.2) is 0 Å². The summed E-state index contributed by atoms with van der Waals surface area (Å²) in [6.07, 6.45) is 5.44. The van der Waals surface area contributed by atoms with Gasteiger partial charge in [-0.2, -0.15) is 0 Å². The maximum absolute atomic E-state index is 3.67. The number of rotatable bonds is 3. The molecule has 0 aromatic heterocycles. The first kappa shape index (κ1) is 10.5. The fraction of sp³-hybridized carbons (Fsp3) is 0.571. The van der Waals surface area contributed by atoms with Gasteiger partial charge in [0.1, 0.15) is 0 Å². The van der Waals surface area contributed by atoms with Crippen molar-refractivity contribution in [3.63, 3.8) is 0 Å². The van der Waals surface area contributed by atoms with Crippen molar-refractivity contribution < 1.29 is 0 Å². The van der Waals surface area contributed by atoms with Crippen molar-refractivity contribution in [2.24, 2.45) is 5.92 Å². The molecule has 1 aromatic carbocycles. The Kier molecular flexibility index (Phi) is 3.30. The van der Waals surface area contributed by atoms with Crippen LogP contribution in [0.4, 0.5) is 5.69 Å². The van der Waals surface area contributed by atoms with Crippen LogP contribution < -0.4 is 5.32 Å². The molecule has 2 atom stereocenters. The van der Waals surface area contributed by atoms with E-state index in [2.05, 4.69) is 43.4 Å². The van der Waals surface area contributed by atoms with Gasteiger partial charge in [-0.15, -0.1) is 0 Å². The third-order valence-corrected chi connectivity index (χ3v) is 3.59. The molecule has 1 aliphatic carbocycles. The molecule has 82 valence electrons. The van der Waals surface area contributed by atoms with E-state index in [0.29, 0.717) is 6.04 Å². The van der Waals surface area contributed by atoms with Gasteiger partial charge < -0.3 is 5.32 Å². The second-order valence-corrected chi connectivity index (χ2v) is 4.72. The van der Waals surface area contributed by atoms with Crippen molar-refractivity contribution in [3.05, 3.63) is 29.8 Å². The Labute approximate surface area is 92.9 Å². The van der Waals surface area contributed by atoms with Crippen LogP contribution in [0.1, 0.15) is 38.2 Å². The number of hydrogen-bond acceptors (Lipinski definition) is 1. The predicted molar refractivity (Wildman–Crippen MR) is 66.2 cm³/mol. The third kappa shape index (κ3) is 2.53. The monoisotopic (exact) mass is 203 g/mol. The highest BCUT2D eigenvalue weighted by molar-refractivity contribution is 5.45. The fourth-order valence-electron chi connectivity index (χ4n) is 2.58. The molecule has 1 aliphatic rings. The van der Waals surface area contributed by atoms with E-state index in [1.165, 1.54) is 36.9 Å². The molecular weight excluding hydrogens is 182 g/mol. The molecule has 0 saturated heterocycles. The molecule has 2 rings (SSSR count). The van der Waals surface area contributed by atoms with Crippen molar-refractivity contribution in [2.75, 3.05) is 5.32 Å². The molecule has 15 heavy (non-hydrogen) atoms. The molecule has 0 amide bonds. The molecule has 1 aromatic rings. The Morgan fingerprint density at radius 3 is 2.60 bits per heavy atom. The van der Waals surface area contributed by atoms with Gasteiger partial charge in [-0.3, -0.25) is 0 Å². The maximum Gasteiger partial charge on any atom is 0.0342 e. The van der Waals surface area contributed by atoms with Crippen molar-refractivity contribution in [3.8, 4) is 0 Å². The van der Waals surface area contributed by atoms with Gasteiger partial charge in [0, 0.05) is 11.7 Å². The average molecular weight is 203 g/mol. The highest BCUT2D eigenvalue weighted by Gasteiger charge is 2.25. The Morgan fingerprint density at radius 2 is 1.93 bits per heavy atom. The number of aryl methyl sites for hydroxylation is 1. The van der Waals surface area contributed by atoms with Gasteiger partial charge in [-0.1, -0.05) is 37.5 Å². The summed E-state index contributed by atoms with van der Waals surface area (Å²) < 4.78 is 0. The highest BCUT2D eigenvalue weighted by atomic mass is 14.9. The summed E-state index contributed by atoms with van der Waals surface area (Å²) in [5.41, 5.74) is 2.62. The lowest BCUT2D eigenvalue weighted by Crippen LogP contribution is -2.23. The maximum atomic E-state index is 3.67. The predicted octanol–water partition coefficient (Wildman–Crippen LogP) is 3.99. The van der Waals surface area contributed by atoms with Crippen LogP contribution in [0.15, 0.2) is 24.3 Å². The van der Waals surface area contributed by atoms with Crippen LogP contribution in [0.2, 0.25) is 0 Å². The third-order valence-electron chi connectivity index (χ3n) is 3.59. The SMILES string of the molecule is CCC1CCCC1Nc1ccc(C)cc1. The lowest BCUT2D eigenvalue weighted by Gasteiger charge is -2.20. The summed E-state index contributed by atoms with van der Waals surface area (Å²) in [6, 6.07) is 9.45. The molecule has 2 unspecified atom stereocenters. The van der Waals surface area contributed by atoms with E-state index in [4.69, 9.17) is 0 Å². The quantitative estimate of drug-likeness (QED) is 0.783. The van der Waals surface area contributed by atoms with E-state index in [0.717, 1.165) is 5.92 Å². The van der Waals surface area contributed by atoms with Gasteiger partial charge in [-0.25, -0.2) is 0 Å². The van der Waals surface area contributed by atoms with Gasteiger partial charge in [0.25, 0.3) is 0 Å². The van der Waals surface area contributed by atoms with E-state index in [1.54, 1.807) is 0 Å². The first-order valence-corrected chi connectivity index (χ1v) is 6.13. The number of hydrogen-bond donors (Lipinski definition) is 1. The van der Waals surface area contributed by atoms with E-state index in [-0.39, 0.29) is 0 Å². The smallest absolute Gasteiger partial charge is 0.0342 e. The highest BCUT2D eigenvalue weighted by Crippen LogP contribution is 2.30. The normalized spacial score (nSPS) is 25.5. The zero-order chi connectivity index (χ0) is 10.7. The van der Waals surface area contributed by atoms with Crippen LogP contribution >= 0.6 is 0 Å². The van der Waals surface area contributed by atoms with Gasteiger partial charge >= 0.3 is 0 Å². The molecule has 1 N–H and O–H groups in total. The van der Waals surface area contributed by atoms with Gasteiger partial charge in [0.05, 0.1) is 0 Å². The van der Waals surface area contributed by atoms with E-state index < -0.39 is 0 Å². The molecule has 1 heteroatoms. The zero-order valence-electron chi connectivity index (χ0n) is 9.79. The molecule has 1 saturated carbocycles. The molecule has 0 spiro atoms. The molecule has 0 heterocycles. The Bertz CT molecular complexity index is 302. The van der Waals surface area contributed by atoms with E-state index in [9.17, 15) is 0 Å². The minimum Gasteiger partial charge on any atom is -0.382 e. The molecule has 1 nitrogen and oxygen atoms in total. The minimum atomic E-state index is 0.706. The Balaban J connectivity index is 1.99. The molecule has 0 bridgehead atoms. The van der Waals surface area contributed by atoms with Crippen LogP contribution in [0.3, 0.4) is 0 Å². The van der Waals surface area contributed by atoms with E-state index in [1.807, 2.05) is 0 Å². The first-order chi connectivity index (χ1) is 7.29. The van der Waals surface area contributed by atoms with Gasteiger partial charge in [0.2, 0.25) is 0 Å². The summed E-state index contributed by atoms with van der Waals surface area (Å²) in [5, 5.41) is 3.67. The van der Waals surface area contributed by atoms with Gasteiger partial charge in [-0.05, 0) is 37.8 Å². The summed E-state index contributed by atoms with van der Waals surface area (Å²) in [7, 11) is 0. The van der Waals surface area contributed by atoms with Crippen LogP contribution in [-0.2, 0) is 0 Å². The summed E-state index contributed by atoms with van der Waals surface area (Å²) in [5.74, 6) is 0.881. The fourth-order valence-corrected chi connectivity index (χ4v) is 2.58. The summed E-state index contributed by atoms with van der Waals surface area (Å²) >= 11 is 0. The first-order valence-electron chi connectivity index (χ1n) is 6.13. The second-order valence-electron chi connectivity index (χ2n) is 4.72. The lowest BCUT2D eigenvalue weighted by molar-refractivity contribution is 0.489. The van der Waals surface area contributed by atoms with Crippen LogP contribution in [0, 0.1) is 12.8 Å². The molecule has 0 aliphatic heterocycles. The lowest BCUT2D eigenvalue weighted by atomic mass is 10.0. The van der Waals surface area contributed by atoms with Crippen LogP contribution in [-0.4, -0.2) is 6.04 Å². The summed E-state index contributed by atoms with van der Waals surface area (Å²) in [4.78, 5) is 0. The van der Waals surface area contributed by atoms with Crippen molar-refractivity contribution in [2.45, 2.75) is 45.6 Å². The molecular formula is C14H21N. The topological polar surface area (TPSA) is 12.0 Å². The second kappa shape index (κ2) is 4.69. The standard InChI is InChI=1S/C14H21N/c1-3-12-5-4-6-14(12)15-13-9-7-11(2)8-10-13/h7-10,12,14-15H,3-6H2,1-2H3. The van der Waals surface area contributed by atoms with E-state index >= 15 is 0 Å². The average Bonchev–Trinajstić information content (AvgIpc) is 2.69. The number of nitrogens with one attached hydrogen (secondary N) is 1. The zero-order valence-corrected chi connectivity index (χ0v) is 9.79. The Hall–Kier alpha value is -0.980. The van der Waals surface area contributed by atoms with Crippen molar-refractivity contribution in [1.29, 1.82) is 0 Å². The number of anilines is 1. The molecule has 1 fully saturated rings. The van der Waals surface area contributed by atoms with Crippen molar-refractivity contribution >= 4 is 5.69 Å². The summed E-state index contributed by atoms with van der Waals surface area (Å²) in [6.45, 7) is 4.44. The van der Waals surface area contributed by atoms with Crippen LogP contribution in [0.5, 0.6) is 0 Å². The number of benzene rings is 1. The largest absolute Gasteiger partial charge is 0.382 e.